The van der Waals surface area contributed by atoms with Gasteiger partial charge in [-0.25, -0.2) is 15.0 Å². The predicted octanol–water partition coefficient (Wildman–Crippen LogP) is 1.73. The van der Waals surface area contributed by atoms with Crippen LogP contribution in [0.2, 0.25) is 0 Å². The first kappa shape index (κ1) is 24.0. The summed E-state index contributed by atoms with van der Waals surface area (Å²) in [6.07, 6.45) is 7.91. The Morgan fingerprint density at radius 3 is 2.79 bits per heavy atom. The van der Waals surface area contributed by atoms with Gasteiger partial charge in [-0.2, -0.15) is 5.26 Å². The Morgan fingerprint density at radius 2 is 2.06 bits per heavy atom. The van der Waals surface area contributed by atoms with E-state index in [1.807, 2.05) is 12.1 Å². The first-order valence-electron chi connectivity index (χ1n) is 11.9. The first-order valence-corrected chi connectivity index (χ1v) is 11.9. The quantitative estimate of drug-likeness (QED) is 0.478. The summed E-state index contributed by atoms with van der Waals surface area (Å²) in [6.45, 7) is 6.92. The lowest BCUT2D eigenvalue weighted by atomic mass is 9.99. The number of carbonyl (C=O) groups excluding carboxylic acids is 1. The minimum Gasteiger partial charge on any atom is -0.384 e. The van der Waals surface area contributed by atoms with Gasteiger partial charge in [-0.05, 0) is 31.8 Å². The zero-order valence-corrected chi connectivity index (χ0v) is 19.4. The van der Waals surface area contributed by atoms with Crippen LogP contribution in [-0.4, -0.2) is 78.1 Å². The van der Waals surface area contributed by atoms with Crippen LogP contribution in [0, 0.1) is 17.2 Å². The fourth-order valence-corrected chi connectivity index (χ4v) is 4.20. The highest BCUT2D eigenvalue weighted by atomic mass is 16.5. The summed E-state index contributed by atoms with van der Waals surface area (Å²) < 4.78 is 5.38. The molecule has 1 atom stereocenters. The molecule has 2 aromatic heterocycles. The summed E-state index contributed by atoms with van der Waals surface area (Å²) in [5.41, 5.74) is 2.06. The number of morpholine rings is 1. The fourth-order valence-electron chi connectivity index (χ4n) is 4.20. The molecule has 0 spiro atoms. The third kappa shape index (κ3) is 7.18. The van der Waals surface area contributed by atoms with Gasteiger partial charge in [0.15, 0.2) is 5.69 Å². The van der Waals surface area contributed by atoms with E-state index >= 15 is 0 Å². The molecular weight excluding hydrogens is 432 g/mol. The van der Waals surface area contributed by atoms with Crippen LogP contribution in [0.5, 0.6) is 0 Å². The van der Waals surface area contributed by atoms with E-state index < -0.39 is 0 Å². The van der Waals surface area contributed by atoms with Crippen LogP contribution in [0.4, 0.5) is 17.3 Å². The lowest BCUT2D eigenvalue weighted by molar-refractivity contribution is -0.119. The molecule has 2 aliphatic heterocycles. The number of aromatic nitrogens is 3. The van der Waals surface area contributed by atoms with Crippen molar-refractivity contribution in [2.75, 3.05) is 63.1 Å². The molecule has 34 heavy (non-hydrogen) atoms. The van der Waals surface area contributed by atoms with Crippen LogP contribution >= 0.6 is 0 Å². The number of nitriles is 1. The SMILES string of the molecule is N#Cc1cnc(Nc2cc(NCC3CCCNC3)c(CC(=O)CCN3CCOCC3)cn2)cn1. The summed E-state index contributed by atoms with van der Waals surface area (Å²) in [7, 11) is 0. The van der Waals surface area contributed by atoms with Crippen LogP contribution in [0.15, 0.2) is 24.7 Å². The molecule has 1 unspecified atom stereocenters. The standard InChI is InChI=1S/C24H32N8O2/c25-12-20-16-30-24(17-27-20)31-23-11-22(28-14-18-2-1-4-26-13-18)19(15-29-23)10-21(33)3-5-32-6-8-34-9-7-32/h11,15-18,26H,1-10,13-14H2,(H2,28,29,30,31). The average Bonchev–Trinajstić information content (AvgIpc) is 2.89. The molecule has 180 valence electrons. The van der Waals surface area contributed by atoms with Gasteiger partial charge in [0, 0.05) is 62.5 Å². The Hall–Kier alpha value is -3.13. The second-order valence-corrected chi connectivity index (χ2v) is 8.76. The summed E-state index contributed by atoms with van der Waals surface area (Å²) in [4.78, 5) is 27.8. The number of hydrogen-bond acceptors (Lipinski definition) is 10. The number of nitrogens with zero attached hydrogens (tertiary/aromatic N) is 5. The molecule has 10 nitrogen and oxygen atoms in total. The predicted molar refractivity (Wildman–Crippen MR) is 129 cm³/mol. The molecule has 10 heteroatoms. The number of Topliss-reactive ketones (excluding diaryl/α,β-unsaturated/α-hetero) is 1. The number of rotatable bonds is 10. The molecule has 0 radical (unpaired) electrons. The topological polar surface area (TPSA) is 128 Å². The van der Waals surface area contributed by atoms with Crippen molar-refractivity contribution in [2.45, 2.75) is 25.7 Å². The molecule has 0 bridgehead atoms. The van der Waals surface area contributed by atoms with E-state index in [0.717, 1.165) is 63.7 Å². The van der Waals surface area contributed by atoms with Crippen LogP contribution in [0.1, 0.15) is 30.5 Å². The van der Waals surface area contributed by atoms with E-state index in [4.69, 9.17) is 10.00 Å². The molecule has 4 heterocycles. The number of hydrogen-bond donors (Lipinski definition) is 3. The normalized spacial score (nSPS) is 18.7. The van der Waals surface area contributed by atoms with Gasteiger partial charge in [-0.15, -0.1) is 0 Å². The van der Waals surface area contributed by atoms with E-state index in [1.165, 1.54) is 25.2 Å². The monoisotopic (exact) mass is 464 g/mol. The second kappa shape index (κ2) is 12.4. The lowest BCUT2D eigenvalue weighted by Gasteiger charge is -2.26. The van der Waals surface area contributed by atoms with Crippen molar-refractivity contribution in [1.29, 1.82) is 5.26 Å². The van der Waals surface area contributed by atoms with Crippen LogP contribution in [-0.2, 0) is 16.0 Å². The highest BCUT2D eigenvalue weighted by Gasteiger charge is 2.17. The third-order valence-electron chi connectivity index (χ3n) is 6.19. The molecule has 0 amide bonds. The van der Waals surface area contributed by atoms with E-state index in [2.05, 4.69) is 35.8 Å². The molecule has 2 fully saturated rings. The van der Waals surface area contributed by atoms with Crippen LogP contribution in [0.3, 0.4) is 0 Å². The van der Waals surface area contributed by atoms with E-state index in [1.54, 1.807) is 6.20 Å². The highest BCUT2D eigenvalue weighted by molar-refractivity contribution is 5.83. The number of piperidine rings is 1. The van der Waals surface area contributed by atoms with Crippen molar-refractivity contribution in [1.82, 2.24) is 25.2 Å². The van der Waals surface area contributed by atoms with E-state index in [9.17, 15) is 4.79 Å². The van der Waals surface area contributed by atoms with E-state index in [0.29, 0.717) is 30.4 Å². The first-order chi connectivity index (χ1) is 16.7. The minimum atomic E-state index is 0.203. The smallest absolute Gasteiger partial charge is 0.158 e. The van der Waals surface area contributed by atoms with Crippen molar-refractivity contribution in [3.05, 3.63) is 35.9 Å². The van der Waals surface area contributed by atoms with Crippen molar-refractivity contribution in [3.8, 4) is 6.07 Å². The minimum absolute atomic E-state index is 0.203. The molecule has 0 aromatic carbocycles. The van der Waals surface area contributed by atoms with Gasteiger partial charge in [0.05, 0.1) is 25.6 Å². The largest absolute Gasteiger partial charge is 0.384 e. The lowest BCUT2D eigenvalue weighted by Crippen LogP contribution is -2.37. The van der Waals surface area contributed by atoms with E-state index in [-0.39, 0.29) is 11.5 Å². The Kier molecular flexibility index (Phi) is 8.73. The average molecular weight is 465 g/mol. The molecular formula is C24H32N8O2. The summed E-state index contributed by atoms with van der Waals surface area (Å²) in [6, 6.07) is 3.88. The molecule has 2 saturated heterocycles. The zero-order valence-electron chi connectivity index (χ0n) is 19.4. The molecule has 4 rings (SSSR count). The van der Waals surface area contributed by atoms with Gasteiger partial charge in [-0.1, -0.05) is 0 Å². The maximum Gasteiger partial charge on any atom is 0.158 e. The van der Waals surface area contributed by atoms with Crippen molar-refractivity contribution >= 4 is 23.1 Å². The molecule has 0 saturated carbocycles. The number of anilines is 3. The van der Waals surface area contributed by atoms with Crippen LogP contribution in [0.25, 0.3) is 0 Å². The van der Waals surface area contributed by atoms with Gasteiger partial charge >= 0.3 is 0 Å². The number of nitrogens with one attached hydrogen (secondary N) is 3. The molecule has 2 aromatic rings. The van der Waals surface area contributed by atoms with Gasteiger partial charge < -0.3 is 20.7 Å². The highest BCUT2D eigenvalue weighted by Crippen LogP contribution is 2.23. The summed E-state index contributed by atoms with van der Waals surface area (Å²) in [5, 5.41) is 19.0. The second-order valence-electron chi connectivity index (χ2n) is 8.76. The molecule has 3 N–H and O–H groups in total. The third-order valence-corrected chi connectivity index (χ3v) is 6.19. The van der Waals surface area contributed by atoms with Crippen molar-refractivity contribution < 1.29 is 9.53 Å². The zero-order chi connectivity index (χ0) is 23.6. The Balaban J connectivity index is 1.42. The number of pyridine rings is 1. The Bertz CT molecular complexity index is 979. The molecule has 0 aliphatic carbocycles. The number of ether oxygens (including phenoxy) is 1. The fraction of sp³-hybridized carbons (Fsp3) is 0.542. The van der Waals surface area contributed by atoms with Crippen molar-refractivity contribution in [2.24, 2.45) is 5.92 Å². The maximum absolute atomic E-state index is 12.8. The van der Waals surface area contributed by atoms with Gasteiger partial charge in [-0.3, -0.25) is 9.69 Å². The van der Waals surface area contributed by atoms with Gasteiger partial charge in [0.25, 0.3) is 0 Å². The Labute approximate surface area is 200 Å². The van der Waals surface area contributed by atoms with Crippen LogP contribution < -0.4 is 16.0 Å². The van der Waals surface area contributed by atoms with Gasteiger partial charge in [0.1, 0.15) is 23.5 Å². The maximum atomic E-state index is 12.8. The summed E-state index contributed by atoms with van der Waals surface area (Å²) in [5.74, 6) is 1.86. The Morgan fingerprint density at radius 1 is 1.21 bits per heavy atom. The number of ketones is 1. The van der Waals surface area contributed by atoms with Crippen molar-refractivity contribution in [3.63, 3.8) is 0 Å². The number of carbonyl (C=O) groups is 1. The summed E-state index contributed by atoms with van der Waals surface area (Å²) >= 11 is 0. The molecule has 2 aliphatic rings. The van der Waals surface area contributed by atoms with Gasteiger partial charge in [0.2, 0.25) is 0 Å².